The van der Waals surface area contributed by atoms with Crippen LogP contribution in [0.2, 0.25) is 0 Å². The summed E-state index contributed by atoms with van der Waals surface area (Å²) in [6, 6.07) is 57.6. The molecule has 10 heterocycles. The van der Waals surface area contributed by atoms with Crippen molar-refractivity contribution in [1.29, 1.82) is 0 Å². The van der Waals surface area contributed by atoms with E-state index in [-0.39, 0.29) is 327 Å². The topological polar surface area (TPSA) is 109 Å². The van der Waals surface area contributed by atoms with Gasteiger partial charge in [-0.1, -0.05) is 342 Å². The van der Waals surface area contributed by atoms with Gasteiger partial charge in [0.1, 0.15) is 0 Å². The molecule has 0 saturated carbocycles. The number of nitrogens with one attached hydrogen (secondary N) is 2. The van der Waals surface area contributed by atoms with Gasteiger partial charge in [-0.15, -0.1) is 51.6 Å². The molecule has 0 fully saturated rings. The quantitative estimate of drug-likeness (QED) is 0.132. The zero-order chi connectivity index (χ0) is 104. The van der Waals surface area contributed by atoms with E-state index in [0.717, 1.165) is 92.9 Å². The summed E-state index contributed by atoms with van der Waals surface area (Å²) < 4.78 is 9.32. The standard InChI is InChI=1S/4C11H7N.2C6H5N.2C6H4O.2C6H4S.20C2H6.10Y/c1-2-9-3-4-11-8-12-6-5-10(11)7-9;1-2-9-3-4-10-5-6-12-8-11(10)7-9;1-2-9-5-6-11-10(8-9)4-3-7-12-11;1-2-9-7-10-5-3-4-6-11(10)12-8-9;1-2-6-3-4-7-5-6;1-2-6-4-3-5-7-6;1-2-6-3-4-7-5-6;1-2-6-4-3-5-7-6;1-2-6-3-4-7-5-6;1-2-6-4-3-5-7-6;20*1-2;;;;;;;;;;/h2*1-2,4-8H;1-4,6-8H;1-7H;1-4,7H;1-3,5,7H;1-4H;1-3,5H;1-4H;1-3,5H;20*1-2H3;;;;;;;;;;/q10*-2;;;;;;;;;;;;;;;;;;;;;;;;;;;;;;. The van der Waals surface area contributed by atoms with E-state index in [0.29, 0.717) is 5.76 Å². The van der Waals surface area contributed by atoms with Gasteiger partial charge in [-0.25, -0.2) is 72.4 Å². The zero-order valence-corrected chi connectivity index (χ0v) is 124. The molecule has 140 heavy (non-hydrogen) atoms. The monoisotopic (exact) mass is 2680 g/mol. The largest absolute Gasteiger partial charge is 0.633 e. The molecule has 4 aromatic carbocycles. The number of hydrogen-bond acceptors (Lipinski definition) is 8. The second-order valence-corrected chi connectivity index (χ2v) is 18.8. The van der Waals surface area contributed by atoms with E-state index in [1.165, 1.54) is 72.5 Å². The molecule has 0 saturated heterocycles. The third kappa shape index (κ3) is 128. The van der Waals surface area contributed by atoms with E-state index in [4.69, 9.17) is 70.2 Å². The molecule has 10 radical (unpaired) electrons. The maximum absolute atomic E-state index is 5.37. The first-order valence-electron chi connectivity index (χ1n) is 46.6. The van der Waals surface area contributed by atoms with Crippen LogP contribution >= 0.6 is 22.7 Å². The molecule has 10 aromatic heterocycles. The van der Waals surface area contributed by atoms with Crippen LogP contribution in [0.1, 0.15) is 332 Å². The molecular formula is C120H174N6O2S2Y10-20. The van der Waals surface area contributed by atoms with Gasteiger partial charge >= 0.3 is 0 Å². The first-order chi connectivity index (χ1) is 64.2. The number of H-pyrrole nitrogens is 2. The fourth-order valence-corrected chi connectivity index (χ4v) is 7.73. The molecule has 0 amide bonds. The Labute approximate surface area is 1130 Å². The summed E-state index contributed by atoms with van der Waals surface area (Å²) in [5.41, 5.74) is 8.93. The van der Waals surface area contributed by atoms with Gasteiger partial charge in [-0.2, -0.15) is 47.7 Å². The van der Waals surface area contributed by atoms with Crippen LogP contribution < -0.4 is 0 Å². The predicted molar refractivity (Wildman–Crippen MR) is 598 cm³/mol. The van der Waals surface area contributed by atoms with Crippen molar-refractivity contribution in [2.24, 2.45) is 0 Å². The molecule has 14 rings (SSSR count). The van der Waals surface area contributed by atoms with E-state index in [1.807, 2.05) is 409 Å². The Balaban J connectivity index is -0.0000000412. The van der Waals surface area contributed by atoms with Gasteiger partial charge in [0, 0.05) is 352 Å². The number of furan rings is 2. The van der Waals surface area contributed by atoms with E-state index >= 15 is 0 Å². The first-order valence-corrected chi connectivity index (χ1v) is 48.4. The average molecular weight is 2690 g/mol. The van der Waals surface area contributed by atoms with Gasteiger partial charge in [0.15, 0.2) is 0 Å². The fraction of sp³-hybridized carbons (Fsp3) is 0.333. The Morgan fingerprint density at radius 3 is 1.07 bits per heavy atom. The van der Waals surface area contributed by atoms with E-state index in [9.17, 15) is 0 Å². The minimum atomic E-state index is 0. The second-order valence-electron chi connectivity index (χ2n) is 17.1. The van der Waals surface area contributed by atoms with Crippen LogP contribution in [0.5, 0.6) is 0 Å². The molecule has 758 valence electrons. The normalized spacial score (nSPS) is 6.86. The summed E-state index contributed by atoms with van der Waals surface area (Å²) in [5, 5.41) is 13.5. The van der Waals surface area contributed by atoms with E-state index < -0.39 is 0 Å². The van der Waals surface area contributed by atoms with Gasteiger partial charge in [0.25, 0.3) is 0 Å². The number of benzene rings is 4. The van der Waals surface area contributed by atoms with Crippen molar-refractivity contribution in [2.45, 2.75) is 277 Å². The SMILES string of the molecule is CC.CC.CC.CC.CC.CC.CC.CC.CC.CC.CC.CC.CC.CC.CC.CC.CC.CC.CC.CC.[CH-]=Cc1[c-][nH]cc1.[CH-]=Cc1[c-]cc2ccncc2c1.[CH-]=Cc1[c-]cc2cnccc2c1.[CH-]=Cc1[c-]cc2ncccc2c1.[CH-]=Cc1[c-]cc[nH]1.[CH-]=Cc1[c-]cco1.[CH-]=Cc1[c-]ccs1.[CH-]=Cc1[c-]nc2ccccc2c1.[CH-]=Cc1[c-]occ1.[CH-]=Cc1[c-]scc1.[Y].[Y].[Y].[Y].[Y].[Y].[Y].[Y].[Y].[Y]. The van der Waals surface area contributed by atoms with Crippen LogP contribution in [0, 0.1) is 126 Å². The number of rotatable bonds is 10. The number of aromatic amines is 2. The molecule has 0 aliphatic carbocycles. The number of aromatic nitrogens is 6. The van der Waals surface area contributed by atoms with Gasteiger partial charge < -0.3 is 189 Å². The predicted octanol–water partition coefficient (Wildman–Crippen LogP) is 40.0. The molecule has 20 heteroatoms. The summed E-state index contributed by atoms with van der Waals surface area (Å²) in [5.74, 6) is 0.583. The number of para-hydroxylation sites is 1. The van der Waals surface area contributed by atoms with Crippen LogP contribution in [-0.4, -0.2) is 29.9 Å². The van der Waals surface area contributed by atoms with Crippen LogP contribution in [0.4, 0.5) is 0 Å². The Hall–Kier alpha value is -0.521. The van der Waals surface area contributed by atoms with E-state index in [1.54, 1.807) is 72.7 Å². The molecule has 0 atom stereocenters. The molecule has 0 spiro atoms. The maximum Gasteiger partial charge on any atom is 0.0248 e. The van der Waals surface area contributed by atoms with Gasteiger partial charge in [-0.05, 0) is 35.8 Å². The summed E-state index contributed by atoms with van der Waals surface area (Å²) in [4.78, 5) is 22.9. The number of pyridine rings is 4. The number of thiophene rings is 2. The molecule has 0 aliphatic rings. The van der Waals surface area contributed by atoms with Crippen LogP contribution in [0.15, 0.2) is 203 Å². The maximum atomic E-state index is 5.37. The molecular weight excluding hydrogens is 2510 g/mol. The van der Waals surface area contributed by atoms with Crippen LogP contribution in [0.25, 0.3) is 104 Å². The van der Waals surface area contributed by atoms with Crippen LogP contribution in [-0.2, 0) is 327 Å². The molecule has 14 aromatic rings. The molecule has 2 N–H and O–H groups in total. The Bertz CT molecular complexity index is 3760. The smallest absolute Gasteiger partial charge is 0.0248 e. The average Bonchev–Trinajstić information content (AvgIpc) is 1.48. The summed E-state index contributed by atoms with van der Waals surface area (Å²) in [6.07, 6.45) is 38.6. The third-order valence-electron chi connectivity index (χ3n) is 11.1. The first kappa shape index (κ1) is 208. The minimum absolute atomic E-state index is 0. The minimum Gasteiger partial charge on any atom is -0.633 e. The van der Waals surface area contributed by atoms with Gasteiger partial charge in [0.05, 0.1) is 0 Å². The van der Waals surface area contributed by atoms with Crippen LogP contribution in [0.3, 0.4) is 0 Å². The number of hydrogen-bond donors (Lipinski definition) is 2. The second kappa shape index (κ2) is 196. The van der Waals surface area contributed by atoms with E-state index in [2.05, 4.69) is 94.8 Å². The van der Waals surface area contributed by atoms with Crippen molar-refractivity contribution in [3.8, 4) is 0 Å². The molecule has 0 bridgehead atoms. The van der Waals surface area contributed by atoms with Crippen molar-refractivity contribution < 1.29 is 336 Å². The fourth-order valence-electron chi connectivity index (χ4n) is 6.67. The molecule has 0 aliphatic heterocycles. The van der Waals surface area contributed by atoms with Crippen molar-refractivity contribution in [3.63, 3.8) is 0 Å². The number of fused-ring (bicyclic) bond motifs is 4. The van der Waals surface area contributed by atoms with Crippen molar-refractivity contribution >= 4 is 127 Å². The van der Waals surface area contributed by atoms with Crippen molar-refractivity contribution in [3.05, 3.63) is 376 Å². The summed E-state index contributed by atoms with van der Waals surface area (Å²) in [6.45, 7) is 132. The summed E-state index contributed by atoms with van der Waals surface area (Å²) in [7, 11) is 0. The van der Waals surface area contributed by atoms with Crippen molar-refractivity contribution in [1.82, 2.24) is 29.9 Å². The summed E-state index contributed by atoms with van der Waals surface area (Å²) >= 11 is 3.11. The number of nitrogens with zero attached hydrogens (tertiary/aromatic N) is 4. The zero-order valence-electron chi connectivity index (χ0n) is 94.2. The Morgan fingerprint density at radius 2 is 0.736 bits per heavy atom. The van der Waals surface area contributed by atoms with Gasteiger partial charge in [-0.3, -0.25) is 55.0 Å². The van der Waals surface area contributed by atoms with Crippen molar-refractivity contribution in [2.75, 3.05) is 0 Å². The molecule has 8 nitrogen and oxygen atoms in total. The van der Waals surface area contributed by atoms with Gasteiger partial charge in [0.2, 0.25) is 0 Å². The third-order valence-corrected chi connectivity index (χ3v) is 12.5. The molecule has 0 unspecified atom stereocenters. The Kier molecular flexibility index (Phi) is 291. The Morgan fingerprint density at radius 1 is 0.314 bits per heavy atom.